The molecule has 3 heteroatoms. The molecule has 1 N–H and O–H groups in total. The standard InChI is InChI=1S/C15H24FNS/c1-4-9-17-13(10-12(2)3)11-18-15-8-6-5-7-14(15)16/h5-8,12-13,17H,4,9-11H2,1-3H3. The third kappa shape index (κ3) is 5.87. The Morgan fingerprint density at radius 2 is 2.00 bits per heavy atom. The van der Waals surface area contributed by atoms with Gasteiger partial charge >= 0.3 is 0 Å². The molecule has 0 aliphatic rings. The van der Waals surface area contributed by atoms with Crippen molar-refractivity contribution in [2.75, 3.05) is 12.3 Å². The topological polar surface area (TPSA) is 12.0 Å². The number of hydrogen-bond donors (Lipinski definition) is 1. The van der Waals surface area contributed by atoms with Gasteiger partial charge in [-0.25, -0.2) is 4.39 Å². The van der Waals surface area contributed by atoms with Gasteiger partial charge in [0.2, 0.25) is 0 Å². The smallest absolute Gasteiger partial charge is 0.136 e. The highest BCUT2D eigenvalue weighted by Crippen LogP contribution is 2.23. The van der Waals surface area contributed by atoms with E-state index in [-0.39, 0.29) is 5.82 Å². The molecule has 18 heavy (non-hydrogen) atoms. The molecular formula is C15H24FNS. The lowest BCUT2D eigenvalue weighted by atomic mass is 10.1. The van der Waals surface area contributed by atoms with Crippen molar-refractivity contribution in [1.82, 2.24) is 5.32 Å². The largest absolute Gasteiger partial charge is 0.313 e. The van der Waals surface area contributed by atoms with E-state index in [1.165, 1.54) is 6.07 Å². The Morgan fingerprint density at radius 3 is 2.61 bits per heavy atom. The first-order chi connectivity index (χ1) is 8.63. The number of thioether (sulfide) groups is 1. The quantitative estimate of drug-likeness (QED) is 0.705. The molecule has 1 unspecified atom stereocenters. The fraction of sp³-hybridized carbons (Fsp3) is 0.600. The summed E-state index contributed by atoms with van der Waals surface area (Å²) < 4.78 is 13.5. The third-order valence-corrected chi connectivity index (χ3v) is 3.93. The van der Waals surface area contributed by atoms with Crippen LogP contribution < -0.4 is 5.32 Å². The van der Waals surface area contributed by atoms with E-state index in [1.54, 1.807) is 17.8 Å². The second kappa shape index (κ2) is 8.54. The molecule has 1 aromatic carbocycles. The van der Waals surface area contributed by atoms with Gasteiger partial charge in [0, 0.05) is 16.7 Å². The molecule has 0 aliphatic carbocycles. The van der Waals surface area contributed by atoms with Crippen LogP contribution in [-0.2, 0) is 0 Å². The fourth-order valence-corrected chi connectivity index (χ4v) is 2.90. The Labute approximate surface area is 115 Å². The highest BCUT2D eigenvalue weighted by molar-refractivity contribution is 7.99. The van der Waals surface area contributed by atoms with Crippen LogP contribution in [0.2, 0.25) is 0 Å². The first-order valence-corrected chi connectivity index (χ1v) is 7.72. The minimum absolute atomic E-state index is 0.110. The van der Waals surface area contributed by atoms with Crippen LogP contribution >= 0.6 is 11.8 Å². The van der Waals surface area contributed by atoms with Crippen LogP contribution in [0.15, 0.2) is 29.2 Å². The van der Waals surface area contributed by atoms with Crippen molar-refractivity contribution in [2.24, 2.45) is 5.92 Å². The number of halogens is 1. The molecule has 1 atom stereocenters. The molecule has 0 heterocycles. The highest BCUT2D eigenvalue weighted by Gasteiger charge is 2.11. The third-order valence-electron chi connectivity index (χ3n) is 2.72. The molecular weight excluding hydrogens is 245 g/mol. The summed E-state index contributed by atoms with van der Waals surface area (Å²) in [5.74, 6) is 1.49. The summed E-state index contributed by atoms with van der Waals surface area (Å²) in [6.07, 6.45) is 2.28. The van der Waals surface area contributed by atoms with E-state index in [0.29, 0.717) is 12.0 Å². The van der Waals surface area contributed by atoms with Crippen LogP contribution in [0.1, 0.15) is 33.6 Å². The summed E-state index contributed by atoms with van der Waals surface area (Å²) >= 11 is 1.61. The molecule has 0 radical (unpaired) electrons. The van der Waals surface area contributed by atoms with Crippen LogP contribution in [0, 0.1) is 11.7 Å². The zero-order valence-corrected chi connectivity index (χ0v) is 12.4. The summed E-state index contributed by atoms with van der Waals surface area (Å²) in [7, 11) is 0. The molecule has 0 saturated carbocycles. The van der Waals surface area contributed by atoms with Gasteiger partial charge in [-0.2, -0.15) is 0 Å². The van der Waals surface area contributed by atoms with Crippen molar-refractivity contribution in [2.45, 2.75) is 44.6 Å². The van der Waals surface area contributed by atoms with Gasteiger partial charge in [-0.15, -0.1) is 11.8 Å². The molecule has 0 aromatic heterocycles. The lowest BCUT2D eigenvalue weighted by Gasteiger charge is -2.20. The summed E-state index contributed by atoms with van der Waals surface area (Å²) in [4.78, 5) is 0.754. The van der Waals surface area contributed by atoms with Crippen molar-refractivity contribution in [3.8, 4) is 0 Å². The number of rotatable bonds is 8. The second-order valence-corrected chi connectivity index (χ2v) is 6.08. The molecule has 0 spiro atoms. The maximum Gasteiger partial charge on any atom is 0.136 e. The fourth-order valence-electron chi connectivity index (χ4n) is 1.88. The van der Waals surface area contributed by atoms with Gasteiger partial charge in [0.05, 0.1) is 0 Å². The first kappa shape index (κ1) is 15.5. The van der Waals surface area contributed by atoms with E-state index >= 15 is 0 Å². The monoisotopic (exact) mass is 269 g/mol. The van der Waals surface area contributed by atoms with Crippen molar-refractivity contribution in [3.05, 3.63) is 30.1 Å². The molecule has 1 nitrogen and oxygen atoms in total. The van der Waals surface area contributed by atoms with Gasteiger partial charge in [0.1, 0.15) is 5.82 Å². The Hall–Kier alpha value is -0.540. The van der Waals surface area contributed by atoms with E-state index < -0.39 is 0 Å². The van der Waals surface area contributed by atoms with E-state index in [2.05, 4.69) is 26.1 Å². The normalized spacial score (nSPS) is 12.9. The molecule has 102 valence electrons. The van der Waals surface area contributed by atoms with Crippen LogP contribution in [0.3, 0.4) is 0 Å². The van der Waals surface area contributed by atoms with Crippen molar-refractivity contribution < 1.29 is 4.39 Å². The van der Waals surface area contributed by atoms with Crippen molar-refractivity contribution >= 4 is 11.8 Å². The van der Waals surface area contributed by atoms with Gasteiger partial charge < -0.3 is 5.32 Å². The average Bonchev–Trinajstić information content (AvgIpc) is 2.34. The highest BCUT2D eigenvalue weighted by atomic mass is 32.2. The summed E-state index contributed by atoms with van der Waals surface area (Å²) in [5.41, 5.74) is 0. The zero-order valence-electron chi connectivity index (χ0n) is 11.6. The Kier molecular flexibility index (Phi) is 7.36. The molecule has 0 amide bonds. The molecule has 0 saturated heterocycles. The summed E-state index contributed by atoms with van der Waals surface area (Å²) in [5, 5.41) is 3.55. The Balaban J connectivity index is 2.47. The maximum atomic E-state index is 13.5. The Bertz CT molecular complexity index is 341. The molecule has 0 bridgehead atoms. The van der Waals surface area contributed by atoms with Crippen LogP contribution in [0.4, 0.5) is 4.39 Å². The molecule has 1 rings (SSSR count). The van der Waals surface area contributed by atoms with Crippen LogP contribution in [0.25, 0.3) is 0 Å². The van der Waals surface area contributed by atoms with Crippen LogP contribution in [0.5, 0.6) is 0 Å². The van der Waals surface area contributed by atoms with Gasteiger partial charge in [0.15, 0.2) is 0 Å². The average molecular weight is 269 g/mol. The molecule has 1 aromatic rings. The second-order valence-electron chi connectivity index (χ2n) is 5.02. The maximum absolute atomic E-state index is 13.5. The van der Waals surface area contributed by atoms with Gasteiger partial charge in [0.25, 0.3) is 0 Å². The number of benzene rings is 1. The zero-order chi connectivity index (χ0) is 13.4. The van der Waals surface area contributed by atoms with Crippen molar-refractivity contribution in [3.63, 3.8) is 0 Å². The number of hydrogen-bond acceptors (Lipinski definition) is 2. The first-order valence-electron chi connectivity index (χ1n) is 6.74. The van der Waals surface area contributed by atoms with Gasteiger partial charge in [-0.05, 0) is 37.4 Å². The summed E-state index contributed by atoms with van der Waals surface area (Å²) in [6.45, 7) is 7.67. The van der Waals surface area contributed by atoms with Crippen molar-refractivity contribution in [1.29, 1.82) is 0 Å². The van der Waals surface area contributed by atoms with Crippen LogP contribution in [-0.4, -0.2) is 18.3 Å². The lowest BCUT2D eigenvalue weighted by molar-refractivity contribution is 0.447. The Morgan fingerprint density at radius 1 is 1.28 bits per heavy atom. The van der Waals surface area contributed by atoms with E-state index in [0.717, 1.165) is 30.0 Å². The lowest BCUT2D eigenvalue weighted by Crippen LogP contribution is -2.33. The molecule has 0 fully saturated rings. The summed E-state index contributed by atoms with van der Waals surface area (Å²) in [6, 6.07) is 7.48. The van der Waals surface area contributed by atoms with E-state index in [4.69, 9.17) is 0 Å². The predicted octanol–water partition coefficient (Wildman–Crippen LogP) is 4.33. The number of nitrogens with one attached hydrogen (secondary N) is 1. The predicted molar refractivity (Wildman–Crippen MR) is 78.7 cm³/mol. The van der Waals surface area contributed by atoms with Gasteiger partial charge in [-0.1, -0.05) is 32.9 Å². The van der Waals surface area contributed by atoms with E-state index in [1.807, 2.05) is 12.1 Å². The minimum Gasteiger partial charge on any atom is -0.313 e. The van der Waals surface area contributed by atoms with E-state index in [9.17, 15) is 4.39 Å². The van der Waals surface area contributed by atoms with Gasteiger partial charge in [-0.3, -0.25) is 0 Å². The molecule has 0 aliphatic heterocycles. The SMILES string of the molecule is CCCNC(CSc1ccccc1F)CC(C)C. The minimum atomic E-state index is -0.110.